The summed E-state index contributed by atoms with van der Waals surface area (Å²) in [5, 5.41) is 12.5. The second-order valence-electron chi connectivity index (χ2n) is 4.68. The first-order chi connectivity index (χ1) is 8.72. The van der Waals surface area contributed by atoms with Crippen LogP contribution in [0.25, 0.3) is 0 Å². The van der Waals surface area contributed by atoms with Crippen molar-refractivity contribution in [3.63, 3.8) is 0 Å². The molecule has 1 aliphatic rings. The quantitative estimate of drug-likeness (QED) is 0.633. The van der Waals surface area contributed by atoms with Gasteiger partial charge in [-0.2, -0.15) is 0 Å². The van der Waals surface area contributed by atoms with Crippen molar-refractivity contribution in [2.24, 2.45) is 0 Å². The van der Waals surface area contributed by atoms with E-state index in [4.69, 9.17) is 9.47 Å². The first-order valence-electron chi connectivity index (χ1n) is 6.88. The summed E-state index contributed by atoms with van der Waals surface area (Å²) in [7, 11) is 0. The minimum absolute atomic E-state index is 0.133. The molecule has 0 amide bonds. The Bertz CT molecular complexity index is 229. The minimum Gasteiger partial charge on any atom is -0.465 e. The van der Waals surface area contributed by atoms with Gasteiger partial charge >= 0.3 is 5.97 Å². The zero-order valence-corrected chi connectivity index (χ0v) is 11.2. The van der Waals surface area contributed by atoms with Gasteiger partial charge in [0.15, 0.2) is 0 Å². The normalized spacial score (nSPS) is 18.6. The highest BCUT2D eigenvalue weighted by Crippen LogP contribution is 2.20. The Morgan fingerprint density at radius 1 is 1.39 bits per heavy atom. The monoisotopic (exact) mass is 259 g/mol. The van der Waals surface area contributed by atoms with E-state index in [0.717, 1.165) is 12.8 Å². The number of nitrogens with one attached hydrogen (secondary N) is 1. The van der Waals surface area contributed by atoms with Crippen molar-refractivity contribution in [3.8, 4) is 0 Å². The van der Waals surface area contributed by atoms with Crippen molar-refractivity contribution >= 4 is 5.97 Å². The van der Waals surface area contributed by atoms with Gasteiger partial charge in [0.05, 0.1) is 32.0 Å². The average molecular weight is 259 g/mol. The van der Waals surface area contributed by atoms with Crippen LogP contribution < -0.4 is 5.32 Å². The van der Waals surface area contributed by atoms with E-state index in [1.54, 1.807) is 6.92 Å². The number of aliphatic hydroxyl groups excluding tert-OH is 1. The third-order valence-corrected chi connectivity index (χ3v) is 3.03. The summed E-state index contributed by atoms with van der Waals surface area (Å²) in [4.78, 5) is 11.0. The van der Waals surface area contributed by atoms with E-state index >= 15 is 0 Å². The van der Waals surface area contributed by atoms with Crippen LogP contribution in [0.3, 0.4) is 0 Å². The largest absolute Gasteiger partial charge is 0.465 e. The number of rotatable bonds is 8. The fourth-order valence-electron chi connectivity index (χ4n) is 2.09. The maximum atomic E-state index is 11.0. The molecule has 1 fully saturated rings. The van der Waals surface area contributed by atoms with Crippen molar-refractivity contribution in [3.05, 3.63) is 0 Å². The number of esters is 1. The maximum absolute atomic E-state index is 11.0. The Morgan fingerprint density at radius 3 is 2.78 bits per heavy atom. The molecule has 1 saturated carbocycles. The van der Waals surface area contributed by atoms with E-state index in [2.05, 4.69) is 5.32 Å². The predicted molar refractivity (Wildman–Crippen MR) is 68.3 cm³/mol. The molecule has 0 aromatic heterocycles. The summed E-state index contributed by atoms with van der Waals surface area (Å²) >= 11 is 0. The molecular formula is C13H25NO4. The zero-order valence-electron chi connectivity index (χ0n) is 11.2. The lowest BCUT2D eigenvalue weighted by Crippen LogP contribution is -2.35. The van der Waals surface area contributed by atoms with Gasteiger partial charge in [0, 0.05) is 6.54 Å². The van der Waals surface area contributed by atoms with E-state index in [-0.39, 0.29) is 12.5 Å². The Morgan fingerprint density at radius 2 is 2.11 bits per heavy atom. The molecule has 18 heavy (non-hydrogen) atoms. The summed E-state index contributed by atoms with van der Waals surface area (Å²) in [5.74, 6) is -0.294. The number of ether oxygens (including phenoxy) is 2. The first-order valence-corrected chi connectivity index (χ1v) is 6.88. The van der Waals surface area contributed by atoms with Crippen LogP contribution in [0.15, 0.2) is 0 Å². The SMILES string of the molecule is CCOC(=O)CNCC(O)COC1CCCCC1. The van der Waals surface area contributed by atoms with Crippen LogP contribution in [0.2, 0.25) is 0 Å². The van der Waals surface area contributed by atoms with Gasteiger partial charge in [-0.1, -0.05) is 19.3 Å². The number of carbonyl (C=O) groups excluding carboxylic acids is 1. The Hall–Kier alpha value is -0.650. The summed E-state index contributed by atoms with van der Waals surface area (Å²) in [5.41, 5.74) is 0. The van der Waals surface area contributed by atoms with Crippen LogP contribution in [0, 0.1) is 0 Å². The standard InChI is InChI=1S/C13H25NO4/c1-2-17-13(16)9-14-8-11(15)10-18-12-6-4-3-5-7-12/h11-12,14-15H,2-10H2,1H3. The van der Waals surface area contributed by atoms with Gasteiger partial charge in [0.2, 0.25) is 0 Å². The summed E-state index contributed by atoms with van der Waals surface area (Å²) in [6.07, 6.45) is 5.68. The molecule has 0 aromatic rings. The van der Waals surface area contributed by atoms with Crippen LogP contribution in [0.5, 0.6) is 0 Å². The summed E-state index contributed by atoms with van der Waals surface area (Å²) in [6.45, 7) is 2.97. The zero-order chi connectivity index (χ0) is 13.2. The highest BCUT2D eigenvalue weighted by molar-refractivity contribution is 5.71. The van der Waals surface area contributed by atoms with Crippen LogP contribution in [-0.2, 0) is 14.3 Å². The Balaban J connectivity index is 1.99. The second kappa shape index (κ2) is 9.30. The lowest BCUT2D eigenvalue weighted by atomic mass is 9.98. The molecule has 2 N–H and O–H groups in total. The molecule has 1 aliphatic carbocycles. The number of carbonyl (C=O) groups is 1. The van der Waals surface area contributed by atoms with E-state index in [1.807, 2.05) is 0 Å². The molecule has 0 spiro atoms. The molecule has 0 heterocycles. The molecule has 5 heteroatoms. The highest BCUT2D eigenvalue weighted by atomic mass is 16.5. The average Bonchev–Trinajstić information content (AvgIpc) is 2.38. The van der Waals surface area contributed by atoms with Crippen molar-refractivity contribution < 1.29 is 19.4 Å². The Labute approximate surface area is 109 Å². The molecule has 1 rings (SSSR count). The molecule has 1 atom stereocenters. The lowest BCUT2D eigenvalue weighted by molar-refractivity contribution is -0.142. The molecule has 5 nitrogen and oxygen atoms in total. The summed E-state index contributed by atoms with van der Waals surface area (Å²) < 4.78 is 10.4. The van der Waals surface area contributed by atoms with Gasteiger partial charge in [-0.05, 0) is 19.8 Å². The molecule has 0 aliphatic heterocycles. The lowest BCUT2D eigenvalue weighted by Gasteiger charge is -2.23. The first kappa shape index (κ1) is 15.4. The number of aliphatic hydroxyl groups is 1. The second-order valence-corrected chi connectivity index (χ2v) is 4.68. The van der Waals surface area contributed by atoms with Crippen LogP contribution in [0.1, 0.15) is 39.0 Å². The molecular weight excluding hydrogens is 234 g/mol. The van der Waals surface area contributed by atoms with Gasteiger partial charge in [-0.15, -0.1) is 0 Å². The van der Waals surface area contributed by atoms with Gasteiger partial charge in [0.25, 0.3) is 0 Å². The summed E-state index contributed by atoms with van der Waals surface area (Å²) in [6, 6.07) is 0. The molecule has 1 unspecified atom stereocenters. The van der Waals surface area contributed by atoms with Crippen molar-refractivity contribution in [2.45, 2.75) is 51.2 Å². The highest BCUT2D eigenvalue weighted by Gasteiger charge is 2.15. The number of hydrogen-bond donors (Lipinski definition) is 2. The van der Waals surface area contributed by atoms with Crippen molar-refractivity contribution in [2.75, 3.05) is 26.3 Å². The third kappa shape index (κ3) is 6.93. The third-order valence-electron chi connectivity index (χ3n) is 3.03. The molecule has 0 radical (unpaired) electrons. The molecule has 0 saturated heterocycles. The maximum Gasteiger partial charge on any atom is 0.319 e. The van der Waals surface area contributed by atoms with E-state index in [9.17, 15) is 9.90 Å². The van der Waals surface area contributed by atoms with Gasteiger partial charge in [0.1, 0.15) is 0 Å². The molecule has 0 bridgehead atoms. The van der Waals surface area contributed by atoms with Gasteiger partial charge in [-0.3, -0.25) is 4.79 Å². The van der Waals surface area contributed by atoms with E-state index < -0.39 is 6.10 Å². The van der Waals surface area contributed by atoms with Crippen molar-refractivity contribution in [1.82, 2.24) is 5.32 Å². The smallest absolute Gasteiger partial charge is 0.319 e. The predicted octanol–water partition coefficient (Wildman–Crippen LogP) is 0.849. The van der Waals surface area contributed by atoms with Crippen LogP contribution in [-0.4, -0.2) is 49.6 Å². The molecule has 106 valence electrons. The number of hydrogen-bond acceptors (Lipinski definition) is 5. The van der Waals surface area contributed by atoms with Crippen LogP contribution >= 0.6 is 0 Å². The fourth-order valence-corrected chi connectivity index (χ4v) is 2.09. The minimum atomic E-state index is -0.568. The fraction of sp³-hybridized carbons (Fsp3) is 0.923. The van der Waals surface area contributed by atoms with Crippen molar-refractivity contribution in [1.29, 1.82) is 0 Å². The molecule has 0 aromatic carbocycles. The Kier molecular flexibility index (Phi) is 7.96. The topological polar surface area (TPSA) is 67.8 Å². The van der Waals surface area contributed by atoms with E-state index in [1.165, 1.54) is 19.3 Å². The van der Waals surface area contributed by atoms with Crippen LogP contribution in [0.4, 0.5) is 0 Å². The van der Waals surface area contributed by atoms with Gasteiger partial charge in [-0.25, -0.2) is 0 Å². The van der Waals surface area contributed by atoms with Gasteiger partial charge < -0.3 is 19.9 Å². The van der Waals surface area contributed by atoms with E-state index in [0.29, 0.717) is 25.9 Å².